The first-order valence-electron chi connectivity index (χ1n) is 6.53. The van der Waals surface area contributed by atoms with Gasteiger partial charge in [0, 0.05) is 18.6 Å². The minimum atomic E-state index is -0.0342. The number of carbonyl (C=O) groups excluding carboxylic acids is 1. The van der Waals surface area contributed by atoms with Gasteiger partial charge in [0.2, 0.25) is 0 Å². The Balaban J connectivity index is 1.66. The van der Waals surface area contributed by atoms with Crippen molar-refractivity contribution < 1.29 is 9.21 Å². The normalized spacial score (nSPS) is 28.1. The van der Waals surface area contributed by atoms with Gasteiger partial charge in [-0.1, -0.05) is 6.42 Å². The van der Waals surface area contributed by atoms with Gasteiger partial charge in [-0.2, -0.15) is 0 Å². The van der Waals surface area contributed by atoms with E-state index in [0.29, 0.717) is 22.3 Å². The van der Waals surface area contributed by atoms with Crippen LogP contribution in [-0.4, -0.2) is 36.0 Å². The number of rotatable bonds is 2. The Labute approximate surface area is 115 Å². The highest BCUT2D eigenvalue weighted by Crippen LogP contribution is 2.27. The molecular formula is C13H17BrN2O2. The van der Waals surface area contributed by atoms with Crippen LogP contribution in [0.2, 0.25) is 0 Å². The summed E-state index contributed by atoms with van der Waals surface area (Å²) < 4.78 is 5.61. The van der Waals surface area contributed by atoms with Crippen LogP contribution in [0.4, 0.5) is 0 Å². The Bertz CT molecular complexity index is 446. The fraction of sp³-hybridized carbons (Fsp3) is 0.615. The minimum Gasteiger partial charge on any atom is -0.457 e. The average Bonchev–Trinajstić information content (AvgIpc) is 2.97. The minimum absolute atomic E-state index is 0.0342. The van der Waals surface area contributed by atoms with Crippen molar-refractivity contribution in [2.24, 2.45) is 0 Å². The Morgan fingerprint density at radius 1 is 1.39 bits per heavy atom. The Kier molecular flexibility index (Phi) is 3.43. The van der Waals surface area contributed by atoms with E-state index in [2.05, 4.69) is 26.1 Å². The second kappa shape index (κ2) is 5.05. The second-order valence-electron chi connectivity index (χ2n) is 5.08. The third kappa shape index (κ3) is 2.21. The highest BCUT2D eigenvalue weighted by molar-refractivity contribution is 9.10. The molecule has 5 heteroatoms. The fourth-order valence-corrected chi connectivity index (χ4v) is 3.54. The van der Waals surface area contributed by atoms with Gasteiger partial charge in [0.05, 0.1) is 11.8 Å². The van der Waals surface area contributed by atoms with Crippen LogP contribution in [-0.2, 0) is 0 Å². The SMILES string of the molecule is O=C(NC1CCN2CCCCC12)c1ccoc1Br. The van der Waals surface area contributed by atoms with Crippen molar-refractivity contribution in [2.75, 3.05) is 13.1 Å². The van der Waals surface area contributed by atoms with Gasteiger partial charge in [-0.25, -0.2) is 0 Å². The lowest BCUT2D eigenvalue weighted by Crippen LogP contribution is -2.46. The molecule has 1 aromatic rings. The molecule has 98 valence electrons. The van der Waals surface area contributed by atoms with Gasteiger partial charge in [0.1, 0.15) is 0 Å². The molecule has 2 unspecified atom stereocenters. The molecule has 18 heavy (non-hydrogen) atoms. The molecule has 2 fully saturated rings. The summed E-state index contributed by atoms with van der Waals surface area (Å²) in [5.41, 5.74) is 0.587. The third-order valence-corrected chi connectivity index (χ3v) is 4.65. The molecule has 2 atom stereocenters. The molecule has 1 aromatic heterocycles. The molecule has 0 saturated carbocycles. The van der Waals surface area contributed by atoms with Crippen LogP contribution in [0.15, 0.2) is 21.4 Å². The summed E-state index contributed by atoms with van der Waals surface area (Å²) in [5.74, 6) is -0.0342. The van der Waals surface area contributed by atoms with Crippen LogP contribution in [0.3, 0.4) is 0 Å². The second-order valence-corrected chi connectivity index (χ2v) is 5.80. The number of amides is 1. The van der Waals surface area contributed by atoms with Crippen molar-refractivity contribution >= 4 is 21.8 Å². The van der Waals surface area contributed by atoms with Gasteiger partial charge in [-0.3, -0.25) is 9.69 Å². The molecule has 0 radical (unpaired) electrons. The summed E-state index contributed by atoms with van der Waals surface area (Å²) in [5, 5.41) is 3.15. The molecule has 0 bridgehead atoms. The smallest absolute Gasteiger partial charge is 0.256 e. The molecule has 0 aromatic carbocycles. The molecular weight excluding hydrogens is 296 g/mol. The largest absolute Gasteiger partial charge is 0.457 e. The van der Waals surface area contributed by atoms with Gasteiger partial charge in [-0.05, 0) is 47.8 Å². The van der Waals surface area contributed by atoms with Crippen LogP contribution in [0.25, 0.3) is 0 Å². The van der Waals surface area contributed by atoms with Crippen LogP contribution in [0.1, 0.15) is 36.0 Å². The van der Waals surface area contributed by atoms with Gasteiger partial charge >= 0.3 is 0 Å². The van der Waals surface area contributed by atoms with Crippen LogP contribution in [0, 0.1) is 0 Å². The number of fused-ring (bicyclic) bond motifs is 1. The van der Waals surface area contributed by atoms with Crippen molar-refractivity contribution in [1.82, 2.24) is 10.2 Å². The zero-order valence-corrected chi connectivity index (χ0v) is 11.8. The molecule has 3 rings (SSSR count). The van der Waals surface area contributed by atoms with Crippen LogP contribution in [0.5, 0.6) is 0 Å². The zero-order valence-electron chi connectivity index (χ0n) is 10.2. The maximum atomic E-state index is 12.1. The molecule has 0 spiro atoms. The molecule has 1 amide bonds. The average molecular weight is 313 g/mol. The molecule has 1 N–H and O–H groups in total. The van der Waals surface area contributed by atoms with E-state index >= 15 is 0 Å². The highest BCUT2D eigenvalue weighted by Gasteiger charge is 2.36. The molecule has 0 aliphatic carbocycles. The molecule has 3 heterocycles. The number of furan rings is 1. The summed E-state index contributed by atoms with van der Waals surface area (Å²) in [6.45, 7) is 2.30. The summed E-state index contributed by atoms with van der Waals surface area (Å²) in [6.07, 6.45) is 6.37. The standard InChI is InChI=1S/C13H17BrN2O2/c14-12-9(5-8-18-12)13(17)15-10-4-7-16-6-2-1-3-11(10)16/h5,8,10-11H,1-4,6-7H2,(H,15,17). The number of hydrogen-bond acceptors (Lipinski definition) is 3. The number of piperidine rings is 1. The van der Waals surface area contributed by atoms with E-state index in [4.69, 9.17) is 4.42 Å². The van der Waals surface area contributed by atoms with Crippen LogP contribution >= 0.6 is 15.9 Å². The van der Waals surface area contributed by atoms with E-state index in [0.717, 1.165) is 13.0 Å². The lowest BCUT2D eigenvalue weighted by Gasteiger charge is -2.32. The monoisotopic (exact) mass is 312 g/mol. The Morgan fingerprint density at radius 2 is 2.28 bits per heavy atom. The summed E-state index contributed by atoms with van der Waals surface area (Å²) in [7, 11) is 0. The van der Waals surface area contributed by atoms with Crippen LogP contribution < -0.4 is 5.32 Å². The Morgan fingerprint density at radius 3 is 3.06 bits per heavy atom. The van der Waals surface area contributed by atoms with Crippen molar-refractivity contribution in [1.29, 1.82) is 0 Å². The number of halogens is 1. The van der Waals surface area contributed by atoms with Gasteiger partial charge in [0.15, 0.2) is 4.67 Å². The lowest BCUT2D eigenvalue weighted by molar-refractivity contribution is 0.0913. The molecule has 2 aliphatic heterocycles. The van der Waals surface area contributed by atoms with E-state index in [-0.39, 0.29) is 5.91 Å². The molecule has 2 saturated heterocycles. The fourth-order valence-electron chi connectivity index (χ4n) is 3.12. The van der Waals surface area contributed by atoms with Gasteiger partial charge in [0.25, 0.3) is 5.91 Å². The van der Waals surface area contributed by atoms with E-state index in [1.807, 2.05) is 0 Å². The zero-order chi connectivity index (χ0) is 12.5. The summed E-state index contributed by atoms with van der Waals surface area (Å²) >= 11 is 3.25. The van der Waals surface area contributed by atoms with E-state index in [9.17, 15) is 4.79 Å². The highest BCUT2D eigenvalue weighted by atomic mass is 79.9. The van der Waals surface area contributed by atoms with Crippen molar-refractivity contribution in [3.8, 4) is 0 Å². The number of hydrogen-bond donors (Lipinski definition) is 1. The van der Waals surface area contributed by atoms with Gasteiger partial charge in [-0.15, -0.1) is 0 Å². The predicted molar refractivity (Wildman–Crippen MR) is 71.5 cm³/mol. The van der Waals surface area contributed by atoms with Crippen molar-refractivity contribution in [3.63, 3.8) is 0 Å². The summed E-state index contributed by atoms with van der Waals surface area (Å²) in [6, 6.07) is 2.53. The van der Waals surface area contributed by atoms with Gasteiger partial charge < -0.3 is 9.73 Å². The first kappa shape index (κ1) is 12.2. The lowest BCUT2D eigenvalue weighted by atomic mass is 9.99. The number of nitrogens with zero attached hydrogens (tertiary/aromatic N) is 1. The molecule has 4 nitrogen and oxygen atoms in total. The topological polar surface area (TPSA) is 45.5 Å². The van der Waals surface area contributed by atoms with E-state index < -0.39 is 0 Å². The number of carbonyl (C=O) groups is 1. The quantitative estimate of drug-likeness (QED) is 0.912. The maximum absolute atomic E-state index is 12.1. The third-order valence-electron chi connectivity index (χ3n) is 4.04. The number of nitrogens with one attached hydrogen (secondary N) is 1. The van der Waals surface area contributed by atoms with E-state index in [1.54, 1.807) is 6.07 Å². The molecule has 2 aliphatic rings. The maximum Gasteiger partial charge on any atom is 0.256 e. The van der Waals surface area contributed by atoms with E-state index in [1.165, 1.54) is 32.1 Å². The first-order valence-corrected chi connectivity index (χ1v) is 7.33. The Hall–Kier alpha value is -0.810. The predicted octanol–water partition coefficient (Wildman–Crippen LogP) is 2.40. The van der Waals surface area contributed by atoms with Crippen molar-refractivity contribution in [2.45, 2.75) is 37.8 Å². The first-order chi connectivity index (χ1) is 8.75. The van der Waals surface area contributed by atoms with Crippen molar-refractivity contribution in [3.05, 3.63) is 22.6 Å². The summed E-state index contributed by atoms with van der Waals surface area (Å²) in [4.78, 5) is 14.7.